The van der Waals surface area contributed by atoms with Crippen LogP contribution in [-0.4, -0.2) is 34.9 Å². The van der Waals surface area contributed by atoms with Crippen molar-refractivity contribution in [2.75, 3.05) is 13.1 Å². The fourth-order valence-corrected chi connectivity index (χ4v) is 2.43. The summed E-state index contributed by atoms with van der Waals surface area (Å²) in [6.07, 6.45) is 5.03. The van der Waals surface area contributed by atoms with Crippen molar-refractivity contribution in [1.82, 2.24) is 20.6 Å². The molecule has 2 aromatic carbocycles. The van der Waals surface area contributed by atoms with Crippen LogP contribution in [0.2, 0.25) is 0 Å². The molecule has 3 aromatic rings. The lowest BCUT2D eigenvalue weighted by Gasteiger charge is -2.07. The molecule has 0 aliphatic heterocycles. The van der Waals surface area contributed by atoms with E-state index < -0.39 is 0 Å². The van der Waals surface area contributed by atoms with Crippen molar-refractivity contribution in [1.29, 1.82) is 0 Å². The number of hydrogen-bond donors (Lipinski definition) is 2. The molecule has 0 fully saturated rings. The third kappa shape index (κ3) is 4.38. The van der Waals surface area contributed by atoms with Crippen LogP contribution in [-0.2, 0) is 0 Å². The second-order valence-electron chi connectivity index (χ2n) is 5.52. The van der Waals surface area contributed by atoms with Crippen LogP contribution in [0.5, 0.6) is 0 Å². The van der Waals surface area contributed by atoms with Crippen LogP contribution >= 0.6 is 0 Å². The number of fused-ring (bicyclic) bond motifs is 1. The van der Waals surface area contributed by atoms with Crippen molar-refractivity contribution in [2.24, 2.45) is 0 Å². The summed E-state index contributed by atoms with van der Waals surface area (Å²) in [7, 11) is 0. The average Bonchev–Trinajstić information content (AvgIpc) is 2.67. The molecule has 0 saturated heterocycles. The van der Waals surface area contributed by atoms with E-state index in [1.807, 2.05) is 42.5 Å². The highest BCUT2D eigenvalue weighted by Gasteiger charge is 2.07. The van der Waals surface area contributed by atoms with E-state index in [9.17, 15) is 9.59 Å². The quantitative estimate of drug-likeness (QED) is 0.677. The van der Waals surface area contributed by atoms with E-state index in [-0.39, 0.29) is 17.5 Å². The number of nitrogens with one attached hydrogen (secondary N) is 2. The SMILES string of the molecule is O=C(NCCCNC(=O)c1cnccn1)c1ccc2ccccc2c1. The first kappa shape index (κ1) is 16.6. The van der Waals surface area contributed by atoms with E-state index in [4.69, 9.17) is 0 Å². The molecule has 6 nitrogen and oxygen atoms in total. The smallest absolute Gasteiger partial charge is 0.271 e. The van der Waals surface area contributed by atoms with Gasteiger partial charge in [0.1, 0.15) is 5.69 Å². The lowest BCUT2D eigenvalue weighted by Crippen LogP contribution is -2.30. The Labute approximate surface area is 145 Å². The van der Waals surface area contributed by atoms with Gasteiger partial charge in [0.25, 0.3) is 11.8 Å². The zero-order chi connectivity index (χ0) is 17.5. The standard InChI is InChI=1S/C19H18N4O2/c24-18(16-7-6-14-4-1-2-5-15(14)12-16)22-8-3-9-23-19(25)17-13-20-10-11-21-17/h1-2,4-7,10-13H,3,8-9H2,(H,22,24)(H,23,25). The van der Waals surface area contributed by atoms with E-state index in [1.54, 1.807) is 0 Å². The summed E-state index contributed by atoms with van der Waals surface area (Å²) >= 11 is 0. The zero-order valence-corrected chi connectivity index (χ0v) is 13.6. The Hall–Kier alpha value is -3.28. The minimum absolute atomic E-state index is 0.119. The maximum absolute atomic E-state index is 12.2. The molecule has 1 heterocycles. The second-order valence-corrected chi connectivity index (χ2v) is 5.52. The topological polar surface area (TPSA) is 84.0 Å². The van der Waals surface area contributed by atoms with Crippen LogP contribution in [0.15, 0.2) is 61.1 Å². The van der Waals surface area contributed by atoms with Gasteiger partial charge in [-0.15, -0.1) is 0 Å². The maximum Gasteiger partial charge on any atom is 0.271 e. The number of rotatable bonds is 6. The summed E-state index contributed by atoms with van der Waals surface area (Å²) in [5, 5.41) is 7.74. The molecule has 6 heteroatoms. The molecule has 0 radical (unpaired) electrons. The number of nitrogens with zero attached hydrogens (tertiary/aromatic N) is 2. The van der Waals surface area contributed by atoms with Crippen LogP contribution < -0.4 is 10.6 Å². The van der Waals surface area contributed by atoms with Gasteiger partial charge in [-0.25, -0.2) is 4.98 Å². The van der Waals surface area contributed by atoms with Gasteiger partial charge < -0.3 is 10.6 Å². The van der Waals surface area contributed by atoms with Gasteiger partial charge in [-0.05, 0) is 29.3 Å². The summed E-state index contributed by atoms with van der Waals surface area (Å²) in [5.74, 6) is -0.389. The van der Waals surface area contributed by atoms with Crippen LogP contribution in [0.3, 0.4) is 0 Å². The molecular weight excluding hydrogens is 316 g/mol. The van der Waals surface area contributed by atoms with Crippen molar-refractivity contribution in [2.45, 2.75) is 6.42 Å². The third-order valence-electron chi connectivity index (χ3n) is 3.73. The first-order valence-corrected chi connectivity index (χ1v) is 8.05. The van der Waals surface area contributed by atoms with Gasteiger partial charge in [0.05, 0.1) is 6.20 Å². The highest BCUT2D eigenvalue weighted by Crippen LogP contribution is 2.15. The largest absolute Gasteiger partial charge is 0.352 e. The van der Waals surface area contributed by atoms with Crippen molar-refractivity contribution in [3.63, 3.8) is 0 Å². The number of benzene rings is 2. The van der Waals surface area contributed by atoms with E-state index in [0.717, 1.165) is 10.8 Å². The third-order valence-corrected chi connectivity index (χ3v) is 3.73. The van der Waals surface area contributed by atoms with Crippen molar-refractivity contribution < 1.29 is 9.59 Å². The highest BCUT2D eigenvalue weighted by atomic mass is 16.2. The van der Waals surface area contributed by atoms with Crippen LogP contribution in [0, 0.1) is 0 Å². The predicted octanol–water partition coefficient (Wildman–Crippen LogP) is 2.18. The Kier molecular flexibility index (Phi) is 5.31. The first-order chi connectivity index (χ1) is 12.2. The maximum atomic E-state index is 12.2. The van der Waals surface area contributed by atoms with Gasteiger partial charge in [0.15, 0.2) is 0 Å². The van der Waals surface area contributed by atoms with Gasteiger partial charge in [0, 0.05) is 31.0 Å². The molecule has 0 spiro atoms. The molecular formula is C19H18N4O2. The minimum atomic E-state index is -0.269. The van der Waals surface area contributed by atoms with E-state index in [0.29, 0.717) is 25.1 Å². The van der Waals surface area contributed by atoms with Crippen LogP contribution in [0.25, 0.3) is 10.8 Å². The summed E-state index contributed by atoms with van der Waals surface area (Å²) in [6.45, 7) is 0.930. The molecule has 3 rings (SSSR count). The molecule has 0 unspecified atom stereocenters. The van der Waals surface area contributed by atoms with Crippen molar-refractivity contribution in [3.8, 4) is 0 Å². The normalized spacial score (nSPS) is 10.4. The molecule has 0 aliphatic rings. The van der Waals surface area contributed by atoms with Gasteiger partial charge in [-0.2, -0.15) is 0 Å². The minimum Gasteiger partial charge on any atom is -0.352 e. The molecule has 0 atom stereocenters. The molecule has 25 heavy (non-hydrogen) atoms. The predicted molar refractivity (Wildman–Crippen MR) is 95.3 cm³/mol. The Morgan fingerprint density at radius 1 is 0.880 bits per heavy atom. The average molecular weight is 334 g/mol. The highest BCUT2D eigenvalue weighted by molar-refractivity contribution is 5.98. The second kappa shape index (κ2) is 8.01. The Bertz CT molecular complexity index is 881. The lowest BCUT2D eigenvalue weighted by molar-refractivity contribution is 0.0947. The van der Waals surface area contributed by atoms with Crippen LogP contribution in [0.1, 0.15) is 27.3 Å². The Balaban J connectivity index is 1.44. The Morgan fingerprint density at radius 3 is 2.40 bits per heavy atom. The number of hydrogen-bond acceptors (Lipinski definition) is 4. The molecule has 2 amide bonds. The summed E-state index contributed by atoms with van der Waals surface area (Å²) in [6, 6.07) is 13.5. The number of amides is 2. The van der Waals surface area contributed by atoms with Crippen molar-refractivity contribution >= 4 is 22.6 Å². The number of aromatic nitrogens is 2. The molecule has 0 bridgehead atoms. The zero-order valence-electron chi connectivity index (χ0n) is 13.6. The Morgan fingerprint density at radius 2 is 1.64 bits per heavy atom. The monoisotopic (exact) mass is 334 g/mol. The first-order valence-electron chi connectivity index (χ1n) is 8.05. The number of carbonyl (C=O) groups is 2. The fourth-order valence-electron chi connectivity index (χ4n) is 2.43. The molecule has 1 aromatic heterocycles. The van der Waals surface area contributed by atoms with Gasteiger partial charge >= 0.3 is 0 Å². The lowest BCUT2D eigenvalue weighted by atomic mass is 10.1. The summed E-state index contributed by atoms with van der Waals surface area (Å²) in [5.41, 5.74) is 0.907. The summed E-state index contributed by atoms with van der Waals surface area (Å²) in [4.78, 5) is 31.8. The van der Waals surface area contributed by atoms with Crippen molar-refractivity contribution in [3.05, 3.63) is 72.3 Å². The van der Waals surface area contributed by atoms with Crippen LogP contribution in [0.4, 0.5) is 0 Å². The van der Waals surface area contributed by atoms with E-state index in [1.165, 1.54) is 18.6 Å². The summed E-state index contributed by atoms with van der Waals surface area (Å²) < 4.78 is 0. The molecule has 126 valence electrons. The van der Waals surface area contributed by atoms with Gasteiger partial charge in [-0.3, -0.25) is 14.6 Å². The number of carbonyl (C=O) groups excluding carboxylic acids is 2. The van der Waals surface area contributed by atoms with E-state index >= 15 is 0 Å². The van der Waals surface area contributed by atoms with Gasteiger partial charge in [0.2, 0.25) is 0 Å². The molecule has 0 saturated carbocycles. The van der Waals surface area contributed by atoms with Gasteiger partial charge in [-0.1, -0.05) is 30.3 Å². The molecule has 2 N–H and O–H groups in total. The van der Waals surface area contributed by atoms with E-state index in [2.05, 4.69) is 20.6 Å². The molecule has 0 aliphatic carbocycles. The fraction of sp³-hybridized carbons (Fsp3) is 0.158.